The molecule has 0 saturated heterocycles. The van der Waals surface area contributed by atoms with E-state index in [1.165, 1.54) is 30.3 Å². The van der Waals surface area contributed by atoms with Gasteiger partial charge in [0, 0.05) is 18.4 Å². The third kappa shape index (κ3) is 4.05. The van der Waals surface area contributed by atoms with Crippen LogP contribution in [-0.4, -0.2) is 20.6 Å². The van der Waals surface area contributed by atoms with Gasteiger partial charge in [0.1, 0.15) is 5.82 Å². The van der Waals surface area contributed by atoms with Gasteiger partial charge in [-0.15, -0.1) is 0 Å². The third-order valence-corrected chi connectivity index (χ3v) is 4.51. The highest BCUT2D eigenvalue weighted by Crippen LogP contribution is 2.22. The fourth-order valence-electron chi connectivity index (χ4n) is 1.86. The molecule has 0 aliphatic heterocycles. The predicted molar refractivity (Wildman–Crippen MR) is 82.1 cm³/mol. The van der Waals surface area contributed by atoms with E-state index in [-0.39, 0.29) is 22.0 Å². The first kappa shape index (κ1) is 16.5. The zero-order valence-corrected chi connectivity index (χ0v) is 13.2. The number of carbonyl (C=O) groups is 1. The summed E-state index contributed by atoms with van der Waals surface area (Å²) in [6.45, 7) is 0.132. The van der Waals surface area contributed by atoms with E-state index in [0.29, 0.717) is 5.56 Å². The summed E-state index contributed by atoms with van der Waals surface area (Å²) < 4.78 is 36.2. The largest absolute Gasteiger partial charge is 0.348 e. The Morgan fingerprint density at radius 2 is 1.95 bits per heavy atom. The number of hydrogen-bond donors (Lipinski definition) is 1. The van der Waals surface area contributed by atoms with Crippen LogP contribution in [0.3, 0.4) is 0 Å². The highest BCUT2D eigenvalue weighted by Gasteiger charge is 2.15. The Kier molecular flexibility index (Phi) is 4.83. The molecule has 116 valence electrons. The van der Waals surface area contributed by atoms with Crippen LogP contribution >= 0.6 is 11.6 Å². The van der Waals surface area contributed by atoms with Crippen LogP contribution in [0.25, 0.3) is 0 Å². The zero-order valence-electron chi connectivity index (χ0n) is 11.6. The van der Waals surface area contributed by atoms with Crippen molar-refractivity contribution in [3.63, 3.8) is 0 Å². The molecule has 0 spiro atoms. The topological polar surface area (TPSA) is 63.2 Å². The lowest BCUT2D eigenvalue weighted by Gasteiger charge is -2.08. The average Bonchev–Trinajstić information content (AvgIpc) is 2.44. The second kappa shape index (κ2) is 6.46. The first-order chi connectivity index (χ1) is 10.3. The molecule has 0 heterocycles. The van der Waals surface area contributed by atoms with Crippen molar-refractivity contribution in [2.45, 2.75) is 11.4 Å². The van der Waals surface area contributed by atoms with E-state index in [4.69, 9.17) is 11.6 Å². The number of halogens is 2. The zero-order chi connectivity index (χ0) is 16.3. The Hall–Kier alpha value is -1.92. The van der Waals surface area contributed by atoms with Crippen LogP contribution in [0, 0.1) is 5.82 Å². The van der Waals surface area contributed by atoms with Crippen LogP contribution in [0.5, 0.6) is 0 Å². The molecule has 2 rings (SSSR count). The standard InChI is InChI=1S/C15H13ClFNO3S/c1-22(20,21)14-8-11(5-6-13(14)16)15(19)18-9-10-3-2-4-12(17)7-10/h2-8H,9H2,1H3,(H,18,19). The van der Waals surface area contributed by atoms with Gasteiger partial charge in [0.25, 0.3) is 5.91 Å². The molecule has 1 N–H and O–H groups in total. The normalized spacial score (nSPS) is 11.2. The van der Waals surface area contributed by atoms with Crippen LogP contribution in [0.15, 0.2) is 47.4 Å². The van der Waals surface area contributed by atoms with Gasteiger partial charge >= 0.3 is 0 Å². The van der Waals surface area contributed by atoms with Crippen LogP contribution in [0.2, 0.25) is 5.02 Å². The maximum absolute atomic E-state index is 13.0. The molecule has 0 atom stereocenters. The molecule has 0 aliphatic rings. The molecule has 0 aliphatic carbocycles. The van der Waals surface area contributed by atoms with Crippen molar-refractivity contribution in [3.05, 3.63) is 64.4 Å². The van der Waals surface area contributed by atoms with Crippen molar-refractivity contribution in [3.8, 4) is 0 Å². The first-order valence-corrected chi connectivity index (χ1v) is 8.56. The molecule has 2 aromatic rings. The second-order valence-corrected chi connectivity index (χ2v) is 7.12. The van der Waals surface area contributed by atoms with Gasteiger partial charge in [-0.3, -0.25) is 4.79 Å². The van der Waals surface area contributed by atoms with Crippen molar-refractivity contribution >= 4 is 27.3 Å². The Bertz CT molecular complexity index is 821. The van der Waals surface area contributed by atoms with Crippen LogP contribution < -0.4 is 5.32 Å². The third-order valence-electron chi connectivity index (χ3n) is 2.93. The quantitative estimate of drug-likeness (QED) is 0.930. The van der Waals surface area contributed by atoms with Crippen LogP contribution in [-0.2, 0) is 16.4 Å². The van der Waals surface area contributed by atoms with E-state index >= 15 is 0 Å². The number of hydrogen-bond acceptors (Lipinski definition) is 3. The first-order valence-electron chi connectivity index (χ1n) is 6.29. The van der Waals surface area contributed by atoms with Gasteiger partial charge in [0.2, 0.25) is 0 Å². The van der Waals surface area contributed by atoms with Crippen molar-refractivity contribution in [2.75, 3.05) is 6.26 Å². The molecule has 1 amide bonds. The number of sulfone groups is 1. The Balaban J connectivity index is 2.17. The highest BCUT2D eigenvalue weighted by atomic mass is 35.5. The van der Waals surface area contributed by atoms with Crippen molar-refractivity contribution in [1.29, 1.82) is 0 Å². The maximum Gasteiger partial charge on any atom is 0.251 e. The minimum Gasteiger partial charge on any atom is -0.348 e. The molecule has 22 heavy (non-hydrogen) atoms. The number of carbonyl (C=O) groups excluding carboxylic acids is 1. The van der Waals surface area contributed by atoms with Gasteiger partial charge in [0.05, 0.1) is 9.92 Å². The summed E-state index contributed by atoms with van der Waals surface area (Å²) in [5, 5.41) is 2.66. The fraction of sp³-hybridized carbons (Fsp3) is 0.133. The molecule has 2 aromatic carbocycles. The van der Waals surface area contributed by atoms with Crippen molar-refractivity contribution < 1.29 is 17.6 Å². The predicted octanol–water partition coefficient (Wildman–Crippen LogP) is 2.81. The SMILES string of the molecule is CS(=O)(=O)c1cc(C(=O)NCc2cccc(F)c2)ccc1Cl. The lowest BCUT2D eigenvalue weighted by Crippen LogP contribution is -2.23. The second-order valence-electron chi connectivity index (χ2n) is 4.73. The average molecular weight is 342 g/mol. The van der Waals surface area contributed by atoms with Gasteiger partial charge in [-0.1, -0.05) is 23.7 Å². The van der Waals surface area contributed by atoms with Gasteiger partial charge in [-0.05, 0) is 35.9 Å². The molecule has 0 saturated carbocycles. The van der Waals surface area contributed by atoms with Crippen LogP contribution in [0.1, 0.15) is 15.9 Å². The van der Waals surface area contributed by atoms with E-state index in [9.17, 15) is 17.6 Å². The molecule has 7 heteroatoms. The monoisotopic (exact) mass is 341 g/mol. The number of benzene rings is 2. The van der Waals surface area contributed by atoms with E-state index < -0.39 is 21.6 Å². The summed E-state index contributed by atoms with van der Waals surface area (Å²) in [5.74, 6) is -0.858. The van der Waals surface area contributed by atoms with E-state index in [1.807, 2.05) is 0 Å². The number of nitrogens with one attached hydrogen (secondary N) is 1. The molecular formula is C15H13ClFNO3S. The van der Waals surface area contributed by atoms with E-state index in [2.05, 4.69) is 5.32 Å². The summed E-state index contributed by atoms with van der Waals surface area (Å²) in [6, 6.07) is 9.84. The van der Waals surface area contributed by atoms with Gasteiger partial charge < -0.3 is 5.32 Å². The molecule has 0 radical (unpaired) electrons. The van der Waals surface area contributed by atoms with E-state index in [0.717, 1.165) is 6.26 Å². The van der Waals surface area contributed by atoms with Crippen LogP contribution in [0.4, 0.5) is 4.39 Å². The summed E-state index contributed by atoms with van der Waals surface area (Å²) >= 11 is 5.82. The lowest BCUT2D eigenvalue weighted by atomic mass is 10.2. The fourth-order valence-corrected chi connectivity index (χ4v) is 3.16. The molecular weight excluding hydrogens is 329 g/mol. The number of rotatable bonds is 4. The van der Waals surface area contributed by atoms with Gasteiger partial charge in [0.15, 0.2) is 9.84 Å². The summed E-state index contributed by atoms with van der Waals surface area (Å²) in [5.41, 5.74) is 0.770. The minimum absolute atomic E-state index is 0.0594. The number of amides is 1. The minimum atomic E-state index is -3.52. The molecule has 0 bridgehead atoms. The van der Waals surface area contributed by atoms with E-state index in [1.54, 1.807) is 12.1 Å². The molecule has 0 fully saturated rings. The Labute approximate surface area is 132 Å². The Morgan fingerprint density at radius 3 is 2.59 bits per heavy atom. The molecule has 0 aromatic heterocycles. The van der Waals surface area contributed by atoms with Gasteiger partial charge in [-0.25, -0.2) is 12.8 Å². The maximum atomic E-state index is 13.0. The van der Waals surface area contributed by atoms with Crippen molar-refractivity contribution in [2.24, 2.45) is 0 Å². The highest BCUT2D eigenvalue weighted by molar-refractivity contribution is 7.90. The lowest BCUT2D eigenvalue weighted by molar-refractivity contribution is 0.0950. The van der Waals surface area contributed by atoms with Gasteiger partial charge in [-0.2, -0.15) is 0 Å². The van der Waals surface area contributed by atoms with Crippen molar-refractivity contribution in [1.82, 2.24) is 5.32 Å². The molecule has 4 nitrogen and oxygen atoms in total. The summed E-state index contributed by atoms with van der Waals surface area (Å²) in [6.07, 6.45) is 1.02. The smallest absolute Gasteiger partial charge is 0.251 e. The summed E-state index contributed by atoms with van der Waals surface area (Å²) in [7, 11) is -3.52. The Morgan fingerprint density at radius 1 is 1.23 bits per heavy atom. The summed E-state index contributed by atoms with van der Waals surface area (Å²) in [4.78, 5) is 11.9. The molecule has 0 unspecified atom stereocenters.